The Balaban J connectivity index is 2.68. The van der Waals surface area contributed by atoms with Gasteiger partial charge in [0.2, 0.25) is 0 Å². The summed E-state index contributed by atoms with van der Waals surface area (Å²) in [6.45, 7) is 1.91. The SMILES string of the molecule is CC/C(=C\C(=O)O)c1ccc2c(c1)n(C)c(=O)n2C. The maximum absolute atomic E-state index is 11.8. The Morgan fingerprint density at radius 2 is 1.89 bits per heavy atom. The lowest BCUT2D eigenvalue weighted by atomic mass is 10.0. The van der Waals surface area contributed by atoms with Crippen molar-refractivity contribution in [1.29, 1.82) is 0 Å². The maximum Gasteiger partial charge on any atom is 0.328 e. The summed E-state index contributed by atoms with van der Waals surface area (Å²) in [6.07, 6.45) is 1.83. The molecule has 19 heavy (non-hydrogen) atoms. The average Bonchev–Trinajstić information content (AvgIpc) is 2.60. The van der Waals surface area contributed by atoms with E-state index in [1.54, 1.807) is 23.2 Å². The summed E-state index contributed by atoms with van der Waals surface area (Å²) in [5, 5.41) is 8.86. The van der Waals surface area contributed by atoms with Crippen LogP contribution in [0.25, 0.3) is 16.6 Å². The van der Waals surface area contributed by atoms with Crippen molar-refractivity contribution in [2.75, 3.05) is 0 Å². The Hall–Kier alpha value is -2.30. The zero-order valence-electron chi connectivity index (χ0n) is 11.2. The van der Waals surface area contributed by atoms with E-state index in [1.807, 2.05) is 25.1 Å². The fourth-order valence-corrected chi connectivity index (χ4v) is 2.25. The van der Waals surface area contributed by atoms with E-state index >= 15 is 0 Å². The summed E-state index contributed by atoms with van der Waals surface area (Å²) in [5.41, 5.74) is 3.12. The molecule has 0 atom stereocenters. The molecule has 0 aliphatic heterocycles. The number of carboxylic acid groups (broad SMARTS) is 1. The van der Waals surface area contributed by atoms with Gasteiger partial charge in [0.05, 0.1) is 11.0 Å². The molecule has 0 fully saturated rings. The summed E-state index contributed by atoms with van der Waals surface area (Å²) < 4.78 is 3.14. The molecule has 100 valence electrons. The van der Waals surface area contributed by atoms with E-state index in [0.29, 0.717) is 6.42 Å². The molecule has 2 aromatic rings. The second-order valence-corrected chi connectivity index (χ2v) is 4.47. The van der Waals surface area contributed by atoms with Crippen LogP contribution in [-0.4, -0.2) is 20.2 Å². The van der Waals surface area contributed by atoms with Crippen LogP contribution in [0.15, 0.2) is 29.1 Å². The number of fused-ring (bicyclic) bond motifs is 1. The zero-order valence-corrected chi connectivity index (χ0v) is 11.2. The number of hydrogen-bond acceptors (Lipinski definition) is 2. The van der Waals surface area contributed by atoms with Crippen molar-refractivity contribution in [3.05, 3.63) is 40.3 Å². The quantitative estimate of drug-likeness (QED) is 0.855. The van der Waals surface area contributed by atoms with E-state index in [-0.39, 0.29) is 5.69 Å². The summed E-state index contributed by atoms with van der Waals surface area (Å²) >= 11 is 0. The van der Waals surface area contributed by atoms with Gasteiger partial charge in [-0.05, 0) is 29.7 Å². The lowest BCUT2D eigenvalue weighted by Crippen LogP contribution is -2.19. The molecule has 0 spiro atoms. The number of aliphatic carboxylic acids is 1. The zero-order chi connectivity index (χ0) is 14.2. The third-order valence-electron chi connectivity index (χ3n) is 3.32. The van der Waals surface area contributed by atoms with Crippen molar-refractivity contribution in [2.24, 2.45) is 14.1 Å². The molecule has 5 heteroatoms. The van der Waals surface area contributed by atoms with Gasteiger partial charge in [-0.15, -0.1) is 0 Å². The predicted octanol–water partition coefficient (Wildman–Crippen LogP) is 1.75. The molecule has 2 rings (SSSR count). The van der Waals surface area contributed by atoms with Gasteiger partial charge in [0.1, 0.15) is 0 Å². The van der Waals surface area contributed by atoms with E-state index < -0.39 is 5.97 Å². The standard InChI is InChI=1S/C14H16N2O3/c1-4-9(8-13(17)18)10-5-6-11-12(7-10)16(3)14(19)15(11)2/h5-8H,4H2,1-3H3,(H,17,18)/b9-8+. The van der Waals surface area contributed by atoms with Crippen LogP contribution < -0.4 is 5.69 Å². The number of benzene rings is 1. The second-order valence-electron chi connectivity index (χ2n) is 4.47. The van der Waals surface area contributed by atoms with E-state index in [2.05, 4.69) is 0 Å². The number of aromatic nitrogens is 2. The highest BCUT2D eigenvalue weighted by molar-refractivity contribution is 5.91. The highest BCUT2D eigenvalue weighted by Gasteiger charge is 2.10. The molecule has 5 nitrogen and oxygen atoms in total. The van der Waals surface area contributed by atoms with Gasteiger partial charge in [-0.2, -0.15) is 0 Å². The van der Waals surface area contributed by atoms with E-state index in [9.17, 15) is 9.59 Å². The van der Waals surface area contributed by atoms with Gasteiger partial charge in [0.15, 0.2) is 0 Å². The largest absolute Gasteiger partial charge is 0.478 e. The second kappa shape index (κ2) is 4.76. The van der Waals surface area contributed by atoms with Gasteiger partial charge in [-0.1, -0.05) is 13.0 Å². The minimum atomic E-state index is -0.959. The van der Waals surface area contributed by atoms with Crippen molar-refractivity contribution < 1.29 is 9.90 Å². The van der Waals surface area contributed by atoms with Gasteiger partial charge >= 0.3 is 11.7 Å². The third-order valence-corrected chi connectivity index (χ3v) is 3.32. The molecule has 0 saturated carbocycles. The smallest absolute Gasteiger partial charge is 0.328 e. The first kappa shape index (κ1) is 13.1. The molecule has 0 unspecified atom stereocenters. The van der Waals surface area contributed by atoms with Gasteiger partial charge in [-0.3, -0.25) is 9.13 Å². The Bertz CT molecular complexity index is 735. The number of aryl methyl sites for hydroxylation is 2. The van der Waals surface area contributed by atoms with Crippen LogP contribution in [0.5, 0.6) is 0 Å². The topological polar surface area (TPSA) is 64.2 Å². The molecule has 1 heterocycles. The number of hydrogen-bond donors (Lipinski definition) is 1. The van der Waals surface area contributed by atoms with E-state index in [4.69, 9.17) is 5.11 Å². The predicted molar refractivity (Wildman–Crippen MR) is 74.1 cm³/mol. The van der Waals surface area contributed by atoms with Gasteiger partial charge in [0, 0.05) is 20.2 Å². The number of allylic oxidation sites excluding steroid dienone is 1. The van der Waals surface area contributed by atoms with Crippen LogP contribution in [0, 0.1) is 0 Å². The van der Waals surface area contributed by atoms with Crippen LogP contribution >= 0.6 is 0 Å². The molecule has 0 bridgehead atoms. The molecule has 0 aliphatic carbocycles. The molecule has 1 aromatic heterocycles. The van der Waals surface area contributed by atoms with Crippen LogP contribution in [0.2, 0.25) is 0 Å². The van der Waals surface area contributed by atoms with Crippen molar-refractivity contribution in [2.45, 2.75) is 13.3 Å². The van der Waals surface area contributed by atoms with Gasteiger partial charge in [0.25, 0.3) is 0 Å². The molecule has 0 amide bonds. The average molecular weight is 260 g/mol. The first-order chi connectivity index (χ1) is 8.95. The number of rotatable bonds is 3. The fourth-order valence-electron chi connectivity index (χ4n) is 2.25. The van der Waals surface area contributed by atoms with Gasteiger partial charge in [-0.25, -0.2) is 9.59 Å². The van der Waals surface area contributed by atoms with E-state index in [0.717, 1.165) is 22.2 Å². The normalized spacial score (nSPS) is 12.1. The molecule has 1 aromatic carbocycles. The van der Waals surface area contributed by atoms with Crippen molar-refractivity contribution in [3.8, 4) is 0 Å². The first-order valence-electron chi connectivity index (χ1n) is 6.05. The van der Waals surface area contributed by atoms with Crippen LogP contribution in [0.3, 0.4) is 0 Å². The monoisotopic (exact) mass is 260 g/mol. The van der Waals surface area contributed by atoms with Crippen LogP contribution in [-0.2, 0) is 18.9 Å². The molecule has 0 radical (unpaired) electrons. The summed E-state index contributed by atoms with van der Waals surface area (Å²) in [7, 11) is 3.43. The van der Waals surface area contributed by atoms with Crippen molar-refractivity contribution in [3.63, 3.8) is 0 Å². The number of carboxylic acids is 1. The fraction of sp³-hybridized carbons (Fsp3) is 0.286. The first-order valence-corrected chi connectivity index (χ1v) is 6.05. The highest BCUT2D eigenvalue weighted by atomic mass is 16.4. The van der Waals surface area contributed by atoms with Crippen molar-refractivity contribution in [1.82, 2.24) is 9.13 Å². The maximum atomic E-state index is 11.8. The lowest BCUT2D eigenvalue weighted by Gasteiger charge is -2.05. The lowest BCUT2D eigenvalue weighted by molar-refractivity contribution is -0.131. The number of nitrogens with zero attached hydrogens (tertiary/aromatic N) is 2. The number of imidazole rings is 1. The minimum Gasteiger partial charge on any atom is -0.478 e. The summed E-state index contributed by atoms with van der Waals surface area (Å²) in [6, 6.07) is 5.55. The Kier molecular flexibility index (Phi) is 3.29. The van der Waals surface area contributed by atoms with Crippen LogP contribution in [0.1, 0.15) is 18.9 Å². The highest BCUT2D eigenvalue weighted by Crippen LogP contribution is 2.22. The van der Waals surface area contributed by atoms with E-state index in [1.165, 1.54) is 6.08 Å². The molecule has 0 saturated heterocycles. The Morgan fingerprint density at radius 1 is 1.26 bits per heavy atom. The van der Waals surface area contributed by atoms with Crippen molar-refractivity contribution >= 4 is 22.6 Å². The Morgan fingerprint density at radius 3 is 2.47 bits per heavy atom. The van der Waals surface area contributed by atoms with Crippen LogP contribution in [0.4, 0.5) is 0 Å². The summed E-state index contributed by atoms with van der Waals surface area (Å²) in [4.78, 5) is 22.6. The molecular formula is C14H16N2O3. The Labute approximate surface area is 110 Å². The molecular weight excluding hydrogens is 244 g/mol. The molecule has 0 aliphatic rings. The van der Waals surface area contributed by atoms with Gasteiger partial charge < -0.3 is 5.11 Å². The third kappa shape index (κ3) is 2.19. The molecule has 1 N–H and O–H groups in total. The minimum absolute atomic E-state index is 0.0904. The number of carbonyl (C=O) groups is 1. The summed E-state index contributed by atoms with van der Waals surface area (Å²) in [5.74, 6) is -0.959.